The minimum Gasteiger partial charge on any atom is -0.450 e. The van der Waals surface area contributed by atoms with Crippen molar-refractivity contribution in [3.05, 3.63) is 30.3 Å². The number of rotatable bonds is 8. The second-order valence-corrected chi connectivity index (χ2v) is 5.76. The molecule has 7 heteroatoms. The average molecular weight is 349 g/mol. The third-order valence-electron chi connectivity index (χ3n) is 3.51. The van der Waals surface area contributed by atoms with Crippen molar-refractivity contribution in [3.63, 3.8) is 0 Å². The normalized spacial score (nSPS) is 10.6. The first-order valence-electron chi connectivity index (χ1n) is 8.45. The maximum atomic E-state index is 12.7. The van der Waals surface area contributed by atoms with Crippen molar-refractivity contribution in [2.75, 3.05) is 31.1 Å². The van der Waals surface area contributed by atoms with E-state index in [1.54, 1.807) is 16.7 Å². The summed E-state index contributed by atoms with van der Waals surface area (Å²) in [6, 6.07) is 9.39. The number of para-hydroxylation sites is 1. The molecule has 0 aliphatic rings. The fourth-order valence-electron chi connectivity index (χ4n) is 2.39. The number of anilines is 1. The molecule has 7 nitrogen and oxygen atoms in total. The molecule has 0 unspecified atom stereocenters. The van der Waals surface area contributed by atoms with Crippen LogP contribution in [-0.2, 0) is 14.3 Å². The van der Waals surface area contributed by atoms with Crippen LogP contribution in [0.5, 0.6) is 0 Å². The zero-order valence-corrected chi connectivity index (χ0v) is 15.3. The topological polar surface area (TPSA) is 79.0 Å². The molecule has 0 radical (unpaired) electrons. The lowest BCUT2D eigenvalue weighted by Crippen LogP contribution is -2.47. The molecular formula is C18H27N3O4. The zero-order valence-electron chi connectivity index (χ0n) is 15.3. The van der Waals surface area contributed by atoms with Crippen molar-refractivity contribution in [1.82, 2.24) is 10.2 Å². The summed E-state index contributed by atoms with van der Waals surface area (Å²) in [5.41, 5.74) is 0.814. The molecule has 3 amide bonds. The number of likely N-dealkylation sites (N-methyl/N-ethyl adjacent to an activating group) is 1. The molecule has 0 bridgehead atoms. The first-order chi connectivity index (χ1) is 11.9. The van der Waals surface area contributed by atoms with Crippen LogP contribution in [0, 0.1) is 0 Å². The number of amides is 3. The van der Waals surface area contributed by atoms with Gasteiger partial charge in [-0.25, -0.2) is 4.79 Å². The molecule has 0 aliphatic heterocycles. The highest BCUT2D eigenvalue weighted by atomic mass is 16.5. The van der Waals surface area contributed by atoms with E-state index in [1.807, 2.05) is 51.1 Å². The molecule has 0 atom stereocenters. The van der Waals surface area contributed by atoms with Crippen LogP contribution in [0.15, 0.2) is 30.3 Å². The number of carbonyl (C=O) groups is 3. The first-order valence-corrected chi connectivity index (χ1v) is 8.45. The van der Waals surface area contributed by atoms with E-state index in [-0.39, 0.29) is 31.6 Å². The van der Waals surface area contributed by atoms with Crippen molar-refractivity contribution in [2.24, 2.45) is 0 Å². The van der Waals surface area contributed by atoms with Gasteiger partial charge >= 0.3 is 6.09 Å². The van der Waals surface area contributed by atoms with Crippen LogP contribution < -0.4 is 10.2 Å². The van der Waals surface area contributed by atoms with Crippen LogP contribution in [0.3, 0.4) is 0 Å². The van der Waals surface area contributed by atoms with Crippen molar-refractivity contribution in [3.8, 4) is 0 Å². The number of carbonyl (C=O) groups excluding carboxylic acids is 3. The number of ether oxygens (including phenoxy) is 1. The highest BCUT2D eigenvalue weighted by Gasteiger charge is 2.22. The largest absolute Gasteiger partial charge is 0.450 e. The highest BCUT2D eigenvalue weighted by molar-refractivity contribution is 5.96. The molecule has 1 rings (SSSR count). The van der Waals surface area contributed by atoms with Crippen LogP contribution >= 0.6 is 0 Å². The number of imide groups is 1. The quantitative estimate of drug-likeness (QED) is 0.777. The molecule has 1 N–H and O–H groups in total. The van der Waals surface area contributed by atoms with E-state index in [1.165, 1.54) is 0 Å². The fraction of sp³-hybridized carbons (Fsp3) is 0.500. The number of benzene rings is 1. The van der Waals surface area contributed by atoms with Crippen LogP contribution in [0.25, 0.3) is 0 Å². The molecule has 1 aromatic rings. The molecule has 0 saturated heterocycles. The molecule has 0 fully saturated rings. The molecule has 25 heavy (non-hydrogen) atoms. The first kappa shape index (κ1) is 20.6. The van der Waals surface area contributed by atoms with Crippen molar-refractivity contribution >= 4 is 23.6 Å². The van der Waals surface area contributed by atoms with Crippen LogP contribution in [0.1, 0.15) is 27.7 Å². The Morgan fingerprint density at radius 2 is 1.72 bits per heavy atom. The van der Waals surface area contributed by atoms with Crippen LogP contribution in [0.4, 0.5) is 10.5 Å². The predicted molar refractivity (Wildman–Crippen MR) is 96.3 cm³/mol. The number of hydrogen-bond acceptors (Lipinski definition) is 5. The molecule has 0 heterocycles. The molecular weight excluding hydrogens is 322 g/mol. The number of nitrogens with one attached hydrogen (secondary N) is 1. The minimum atomic E-state index is -0.775. The third kappa shape index (κ3) is 6.93. The molecule has 1 aromatic carbocycles. The maximum Gasteiger partial charge on any atom is 0.413 e. The minimum absolute atomic E-state index is 0.0121. The van der Waals surface area contributed by atoms with E-state index in [9.17, 15) is 14.4 Å². The summed E-state index contributed by atoms with van der Waals surface area (Å²) < 4.78 is 4.67. The second-order valence-electron chi connectivity index (χ2n) is 5.76. The average Bonchev–Trinajstić information content (AvgIpc) is 2.55. The summed E-state index contributed by atoms with van der Waals surface area (Å²) >= 11 is 0. The predicted octanol–water partition coefficient (Wildman–Crippen LogP) is 2.02. The van der Waals surface area contributed by atoms with Gasteiger partial charge in [0.05, 0.1) is 19.7 Å². The summed E-state index contributed by atoms with van der Waals surface area (Å²) in [7, 11) is 0. The lowest BCUT2D eigenvalue weighted by molar-refractivity contribution is -0.123. The molecule has 0 spiro atoms. The Hall–Kier alpha value is -2.41. The van der Waals surface area contributed by atoms with Gasteiger partial charge in [0.25, 0.3) is 0 Å². The molecule has 0 saturated carbocycles. The summed E-state index contributed by atoms with van der Waals surface area (Å²) in [5.74, 6) is -0.601. The Kier molecular flexibility index (Phi) is 8.63. The van der Waals surface area contributed by atoms with Gasteiger partial charge in [0.1, 0.15) is 0 Å². The van der Waals surface area contributed by atoms with Crippen LogP contribution in [0.2, 0.25) is 0 Å². The number of alkyl carbamates (subject to hydrolysis) is 1. The summed E-state index contributed by atoms with van der Waals surface area (Å²) in [6.07, 6.45) is -0.775. The van der Waals surface area contributed by atoms with Gasteiger partial charge in [-0.15, -0.1) is 0 Å². The van der Waals surface area contributed by atoms with Gasteiger partial charge in [0.15, 0.2) is 0 Å². The molecule has 0 aromatic heterocycles. The Balaban J connectivity index is 2.70. The Bertz CT molecular complexity index is 575. The van der Waals surface area contributed by atoms with Crippen molar-refractivity contribution < 1.29 is 19.1 Å². The van der Waals surface area contributed by atoms with Gasteiger partial charge < -0.3 is 9.64 Å². The van der Waals surface area contributed by atoms with Gasteiger partial charge in [0, 0.05) is 11.7 Å². The zero-order chi connectivity index (χ0) is 18.8. The van der Waals surface area contributed by atoms with E-state index < -0.39 is 12.0 Å². The highest BCUT2D eigenvalue weighted by Crippen LogP contribution is 2.17. The summed E-state index contributed by atoms with van der Waals surface area (Å²) in [4.78, 5) is 39.3. The lowest BCUT2D eigenvalue weighted by Gasteiger charge is -2.29. The monoisotopic (exact) mass is 349 g/mol. The van der Waals surface area contributed by atoms with E-state index in [0.29, 0.717) is 6.54 Å². The molecule has 0 aliphatic carbocycles. The summed E-state index contributed by atoms with van der Waals surface area (Å²) in [6.45, 7) is 8.11. The number of nitrogens with zero attached hydrogens (tertiary/aromatic N) is 2. The van der Waals surface area contributed by atoms with E-state index in [4.69, 9.17) is 0 Å². The van der Waals surface area contributed by atoms with Gasteiger partial charge in [-0.05, 0) is 39.4 Å². The number of hydrogen-bond donors (Lipinski definition) is 1. The molecule has 138 valence electrons. The van der Waals surface area contributed by atoms with Crippen molar-refractivity contribution in [2.45, 2.75) is 33.7 Å². The van der Waals surface area contributed by atoms with Gasteiger partial charge in [-0.3, -0.25) is 19.8 Å². The van der Waals surface area contributed by atoms with E-state index >= 15 is 0 Å². The second kappa shape index (κ2) is 10.5. The van der Waals surface area contributed by atoms with Gasteiger partial charge in [-0.2, -0.15) is 0 Å². The van der Waals surface area contributed by atoms with Crippen LogP contribution in [-0.4, -0.2) is 55.1 Å². The van der Waals surface area contributed by atoms with Gasteiger partial charge in [-0.1, -0.05) is 25.1 Å². The summed E-state index contributed by atoms with van der Waals surface area (Å²) in [5, 5.41) is 2.14. The fourth-order valence-corrected chi connectivity index (χ4v) is 2.39. The third-order valence-corrected chi connectivity index (χ3v) is 3.51. The Labute approximate surface area is 148 Å². The Morgan fingerprint density at radius 1 is 1.08 bits per heavy atom. The smallest absolute Gasteiger partial charge is 0.413 e. The van der Waals surface area contributed by atoms with E-state index in [0.717, 1.165) is 5.69 Å². The lowest BCUT2D eigenvalue weighted by atomic mass is 10.2. The Morgan fingerprint density at radius 3 is 2.24 bits per heavy atom. The van der Waals surface area contributed by atoms with E-state index in [2.05, 4.69) is 10.1 Å². The van der Waals surface area contributed by atoms with Gasteiger partial charge in [0.2, 0.25) is 11.8 Å². The van der Waals surface area contributed by atoms with Crippen molar-refractivity contribution in [1.29, 1.82) is 0 Å². The SMILES string of the molecule is CCOC(=O)NC(=O)CN(CC)CC(=O)N(c1ccccc1)C(C)C. The maximum absolute atomic E-state index is 12.7. The standard InChI is InChI=1S/C18H27N3O4/c1-5-20(12-16(22)19-18(24)25-6-2)13-17(23)21(14(3)4)15-10-8-7-9-11-15/h7-11,14H,5-6,12-13H2,1-4H3,(H,19,22,24).